The van der Waals surface area contributed by atoms with Gasteiger partial charge >= 0.3 is 0 Å². The third-order valence-corrected chi connectivity index (χ3v) is 2.26. The zero-order valence-corrected chi connectivity index (χ0v) is 9.28. The van der Waals surface area contributed by atoms with Crippen LogP contribution in [0.2, 0.25) is 0 Å². The summed E-state index contributed by atoms with van der Waals surface area (Å²) in [5.41, 5.74) is 0. The second kappa shape index (κ2) is 4.26. The molecule has 0 bridgehead atoms. The first-order valence-corrected chi connectivity index (χ1v) is 4.78. The molecule has 0 aromatic carbocycles. The first-order chi connectivity index (χ1) is 6.52. The number of hydrogen-bond acceptors (Lipinski definition) is 2. The molecule has 0 saturated heterocycles. The highest BCUT2D eigenvalue weighted by molar-refractivity contribution is 5.80. The van der Waals surface area contributed by atoms with Gasteiger partial charge < -0.3 is 9.47 Å². The van der Waals surface area contributed by atoms with E-state index in [-0.39, 0.29) is 5.92 Å². The molecular weight excluding hydrogens is 176 g/mol. The number of nitrogens with one attached hydrogen (secondary N) is 1. The van der Waals surface area contributed by atoms with Gasteiger partial charge in [-0.3, -0.25) is 5.41 Å². The molecule has 0 aliphatic rings. The van der Waals surface area contributed by atoms with Crippen molar-refractivity contribution in [1.82, 2.24) is 14.5 Å². The van der Waals surface area contributed by atoms with Gasteiger partial charge in [-0.2, -0.15) is 0 Å². The predicted octanol–water partition coefficient (Wildman–Crippen LogP) is 1.49. The highest BCUT2D eigenvalue weighted by atomic mass is 15.2. The van der Waals surface area contributed by atoms with Crippen molar-refractivity contribution in [2.75, 3.05) is 7.05 Å². The molecule has 14 heavy (non-hydrogen) atoms. The van der Waals surface area contributed by atoms with E-state index in [1.165, 1.54) is 0 Å². The summed E-state index contributed by atoms with van der Waals surface area (Å²) < 4.78 is 1.98. The molecule has 78 valence electrons. The normalized spacial score (nSPS) is 10.6. The van der Waals surface area contributed by atoms with Gasteiger partial charge in [0.1, 0.15) is 5.82 Å². The van der Waals surface area contributed by atoms with Crippen molar-refractivity contribution >= 4 is 5.84 Å². The van der Waals surface area contributed by atoms with Crippen LogP contribution < -0.4 is 0 Å². The van der Waals surface area contributed by atoms with Gasteiger partial charge in [-0.15, -0.1) is 0 Å². The lowest BCUT2D eigenvalue weighted by Gasteiger charge is -2.21. The Morgan fingerprint density at radius 1 is 1.64 bits per heavy atom. The fourth-order valence-corrected chi connectivity index (χ4v) is 1.29. The molecule has 4 nitrogen and oxygen atoms in total. The van der Waals surface area contributed by atoms with Crippen molar-refractivity contribution in [2.24, 2.45) is 13.0 Å². The van der Waals surface area contributed by atoms with Crippen molar-refractivity contribution in [3.8, 4) is 0 Å². The molecule has 1 N–H and O–H groups in total. The first-order valence-electron chi connectivity index (χ1n) is 4.78. The van der Waals surface area contributed by atoms with E-state index in [1.807, 2.05) is 43.6 Å². The second-order valence-corrected chi connectivity index (χ2v) is 3.85. The van der Waals surface area contributed by atoms with E-state index in [0.717, 1.165) is 5.82 Å². The number of aromatic nitrogens is 2. The molecule has 1 heterocycles. The average Bonchev–Trinajstić information content (AvgIpc) is 2.50. The second-order valence-electron chi connectivity index (χ2n) is 3.85. The Labute approximate surface area is 85.1 Å². The Bertz CT molecular complexity index is 314. The van der Waals surface area contributed by atoms with Crippen LogP contribution in [0.4, 0.5) is 0 Å². The molecule has 0 radical (unpaired) electrons. The van der Waals surface area contributed by atoms with Gasteiger partial charge in [0.15, 0.2) is 0 Å². The van der Waals surface area contributed by atoms with Crippen molar-refractivity contribution in [3.05, 3.63) is 18.2 Å². The Hall–Kier alpha value is -1.32. The summed E-state index contributed by atoms with van der Waals surface area (Å²) in [6.07, 6.45) is 3.70. The third-order valence-electron chi connectivity index (χ3n) is 2.26. The molecule has 1 aromatic heterocycles. The molecule has 0 aliphatic carbocycles. The van der Waals surface area contributed by atoms with Gasteiger partial charge in [0.05, 0.1) is 12.4 Å². The van der Waals surface area contributed by atoms with Crippen molar-refractivity contribution < 1.29 is 0 Å². The van der Waals surface area contributed by atoms with Gasteiger partial charge in [0.2, 0.25) is 0 Å². The van der Waals surface area contributed by atoms with E-state index in [1.54, 1.807) is 6.20 Å². The Morgan fingerprint density at radius 2 is 2.29 bits per heavy atom. The summed E-state index contributed by atoms with van der Waals surface area (Å²) in [7, 11) is 3.90. The highest BCUT2D eigenvalue weighted by Crippen LogP contribution is 2.04. The van der Waals surface area contributed by atoms with Crippen LogP contribution in [0.5, 0.6) is 0 Å². The molecule has 0 spiro atoms. The maximum atomic E-state index is 7.81. The smallest absolute Gasteiger partial charge is 0.128 e. The minimum absolute atomic E-state index is 0.264. The maximum absolute atomic E-state index is 7.81. The van der Waals surface area contributed by atoms with Gasteiger partial charge in [0, 0.05) is 32.4 Å². The minimum Gasteiger partial charge on any atom is -0.356 e. The Kier molecular flexibility index (Phi) is 3.28. The molecule has 1 aromatic rings. The molecule has 0 amide bonds. The number of imidazole rings is 1. The molecule has 0 fully saturated rings. The molecular formula is C10H18N4. The Balaban J connectivity index is 2.62. The van der Waals surface area contributed by atoms with Crippen molar-refractivity contribution in [3.63, 3.8) is 0 Å². The topological polar surface area (TPSA) is 44.9 Å². The molecule has 4 heteroatoms. The molecule has 0 saturated carbocycles. The van der Waals surface area contributed by atoms with E-state index < -0.39 is 0 Å². The number of nitrogens with zero attached hydrogens (tertiary/aromatic N) is 3. The third kappa shape index (κ3) is 2.34. The molecule has 0 aliphatic heterocycles. The van der Waals surface area contributed by atoms with Crippen LogP contribution in [0.3, 0.4) is 0 Å². The maximum Gasteiger partial charge on any atom is 0.128 e. The van der Waals surface area contributed by atoms with Gasteiger partial charge in [0.25, 0.3) is 0 Å². The van der Waals surface area contributed by atoms with Crippen LogP contribution >= 0.6 is 0 Å². The van der Waals surface area contributed by atoms with E-state index >= 15 is 0 Å². The average molecular weight is 194 g/mol. The zero-order chi connectivity index (χ0) is 10.7. The first kappa shape index (κ1) is 10.8. The van der Waals surface area contributed by atoms with Crippen molar-refractivity contribution in [2.45, 2.75) is 20.4 Å². The minimum atomic E-state index is 0.264. The van der Waals surface area contributed by atoms with Crippen molar-refractivity contribution in [1.29, 1.82) is 5.41 Å². The monoisotopic (exact) mass is 194 g/mol. The van der Waals surface area contributed by atoms with Crippen LogP contribution in [0.25, 0.3) is 0 Å². The van der Waals surface area contributed by atoms with Crippen LogP contribution in [-0.4, -0.2) is 27.3 Å². The molecule has 0 atom stereocenters. The van der Waals surface area contributed by atoms with E-state index in [0.29, 0.717) is 12.4 Å². The van der Waals surface area contributed by atoms with Gasteiger partial charge in [-0.1, -0.05) is 13.8 Å². The Morgan fingerprint density at radius 3 is 2.71 bits per heavy atom. The fourth-order valence-electron chi connectivity index (χ4n) is 1.29. The lowest BCUT2D eigenvalue weighted by atomic mass is 10.2. The number of hydrogen-bond donors (Lipinski definition) is 1. The summed E-state index contributed by atoms with van der Waals surface area (Å²) >= 11 is 0. The summed E-state index contributed by atoms with van der Waals surface area (Å²) in [5, 5.41) is 7.81. The highest BCUT2D eigenvalue weighted by Gasteiger charge is 2.10. The lowest BCUT2D eigenvalue weighted by Crippen LogP contribution is -2.30. The predicted molar refractivity (Wildman–Crippen MR) is 57.2 cm³/mol. The van der Waals surface area contributed by atoms with Crippen LogP contribution in [0.15, 0.2) is 12.4 Å². The molecule has 1 rings (SSSR count). The standard InChI is InChI=1S/C10H18N4/c1-8(2)10(11)14(4)7-9-12-5-6-13(9)3/h5-6,8,11H,7H2,1-4H3. The van der Waals surface area contributed by atoms with Crippen LogP contribution in [0.1, 0.15) is 19.7 Å². The molecule has 0 unspecified atom stereocenters. The summed E-state index contributed by atoms with van der Waals surface area (Å²) in [6, 6.07) is 0. The fraction of sp³-hybridized carbons (Fsp3) is 0.600. The zero-order valence-electron chi connectivity index (χ0n) is 9.28. The number of amidine groups is 1. The van der Waals surface area contributed by atoms with Gasteiger partial charge in [-0.25, -0.2) is 4.98 Å². The number of rotatable bonds is 3. The lowest BCUT2D eigenvalue weighted by molar-refractivity contribution is 0.447. The van der Waals surface area contributed by atoms with E-state index in [9.17, 15) is 0 Å². The van der Waals surface area contributed by atoms with Crippen LogP contribution in [0, 0.1) is 11.3 Å². The van der Waals surface area contributed by atoms with Gasteiger partial charge in [-0.05, 0) is 0 Å². The van der Waals surface area contributed by atoms with Crippen LogP contribution in [-0.2, 0) is 13.6 Å². The van der Waals surface area contributed by atoms with E-state index in [4.69, 9.17) is 5.41 Å². The number of aryl methyl sites for hydroxylation is 1. The van der Waals surface area contributed by atoms with E-state index in [2.05, 4.69) is 4.98 Å². The summed E-state index contributed by atoms with van der Waals surface area (Å²) in [6.45, 7) is 4.75. The quantitative estimate of drug-likeness (QED) is 0.585. The largest absolute Gasteiger partial charge is 0.356 e. The summed E-state index contributed by atoms with van der Waals surface area (Å²) in [5.74, 6) is 1.89. The SMILES string of the molecule is CC(C)C(=N)N(C)Cc1nccn1C. The summed E-state index contributed by atoms with van der Waals surface area (Å²) in [4.78, 5) is 6.15.